The van der Waals surface area contributed by atoms with Gasteiger partial charge in [-0.25, -0.2) is 5.43 Å². The number of piperazine rings is 1. The average Bonchev–Trinajstić information content (AvgIpc) is 2.68. The van der Waals surface area contributed by atoms with E-state index in [2.05, 4.69) is 82.2 Å². The highest BCUT2D eigenvalue weighted by molar-refractivity contribution is 7.80. The first-order chi connectivity index (χ1) is 12.6. The SMILES string of the molecule is CC(c1ccccc1)N1CCN(c2ccc(CNNC(N)=S)cc2)CC1. The van der Waals surface area contributed by atoms with Crippen LogP contribution in [0.3, 0.4) is 0 Å². The molecule has 0 spiro atoms. The van der Waals surface area contributed by atoms with Crippen LogP contribution in [0.4, 0.5) is 5.69 Å². The number of nitrogens with one attached hydrogen (secondary N) is 2. The second-order valence-electron chi connectivity index (χ2n) is 6.62. The number of nitrogens with zero attached hydrogens (tertiary/aromatic N) is 2. The van der Waals surface area contributed by atoms with E-state index in [4.69, 9.17) is 18.0 Å². The molecule has 0 saturated carbocycles. The Morgan fingerprint density at radius 1 is 1.04 bits per heavy atom. The summed E-state index contributed by atoms with van der Waals surface area (Å²) in [5.74, 6) is 0. The van der Waals surface area contributed by atoms with Gasteiger partial charge in [0.1, 0.15) is 0 Å². The lowest BCUT2D eigenvalue weighted by atomic mass is 10.1. The maximum absolute atomic E-state index is 5.39. The molecule has 4 N–H and O–H groups in total. The molecule has 0 aliphatic carbocycles. The van der Waals surface area contributed by atoms with Gasteiger partial charge in [-0.05, 0) is 42.4 Å². The van der Waals surface area contributed by atoms with Crippen LogP contribution in [0.2, 0.25) is 0 Å². The van der Waals surface area contributed by atoms with E-state index in [-0.39, 0.29) is 5.11 Å². The van der Waals surface area contributed by atoms with Gasteiger partial charge in [-0.2, -0.15) is 0 Å². The normalized spacial score (nSPS) is 16.3. The molecule has 0 bridgehead atoms. The molecule has 0 amide bonds. The molecule has 1 heterocycles. The number of thiocarbonyl (C=S) groups is 1. The van der Waals surface area contributed by atoms with Crippen molar-refractivity contribution in [3.8, 4) is 0 Å². The highest BCUT2D eigenvalue weighted by Crippen LogP contribution is 2.23. The molecule has 1 saturated heterocycles. The van der Waals surface area contributed by atoms with Gasteiger partial charge in [-0.15, -0.1) is 0 Å². The van der Waals surface area contributed by atoms with Crippen molar-refractivity contribution >= 4 is 23.0 Å². The number of hydrogen-bond donors (Lipinski definition) is 3. The summed E-state index contributed by atoms with van der Waals surface area (Å²) in [4.78, 5) is 5.02. The molecule has 6 heteroatoms. The van der Waals surface area contributed by atoms with Crippen LogP contribution in [0.5, 0.6) is 0 Å². The van der Waals surface area contributed by atoms with E-state index in [1.165, 1.54) is 16.8 Å². The Morgan fingerprint density at radius 3 is 2.31 bits per heavy atom. The first-order valence-electron chi connectivity index (χ1n) is 9.04. The minimum Gasteiger partial charge on any atom is -0.375 e. The van der Waals surface area contributed by atoms with Gasteiger partial charge in [0.05, 0.1) is 0 Å². The molecule has 26 heavy (non-hydrogen) atoms. The van der Waals surface area contributed by atoms with E-state index in [0.717, 1.165) is 26.2 Å². The van der Waals surface area contributed by atoms with Crippen LogP contribution in [0.15, 0.2) is 54.6 Å². The second kappa shape index (κ2) is 8.98. The first-order valence-corrected chi connectivity index (χ1v) is 9.45. The summed E-state index contributed by atoms with van der Waals surface area (Å²) in [5, 5.41) is 0.254. The summed E-state index contributed by atoms with van der Waals surface area (Å²) in [6.45, 7) is 7.25. The zero-order chi connectivity index (χ0) is 18.4. The smallest absolute Gasteiger partial charge is 0.178 e. The monoisotopic (exact) mass is 369 g/mol. The van der Waals surface area contributed by atoms with Crippen LogP contribution >= 0.6 is 12.2 Å². The van der Waals surface area contributed by atoms with Crippen molar-refractivity contribution in [2.75, 3.05) is 31.1 Å². The molecule has 0 radical (unpaired) electrons. The molecule has 3 rings (SSSR count). The Labute approximate surface area is 161 Å². The highest BCUT2D eigenvalue weighted by atomic mass is 32.1. The van der Waals surface area contributed by atoms with E-state index in [0.29, 0.717) is 12.6 Å². The standard InChI is InChI=1S/C20H27N5S/c1-16(18-5-3-2-4-6-18)24-11-13-25(14-12-24)19-9-7-17(8-10-19)15-22-23-20(21)26/h2-10,16,22H,11-15H2,1H3,(H3,21,23,26). The van der Waals surface area contributed by atoms with Gasteiger partial charge in [0.25, 0.3) is 0 Å². The van der Waals surface area contributed by atoms with Crippen LogP contribution in [-0.2, 0) is 6.54 Å². The van der Waals surface area contributed by atoms with Gasteiger partial charge in [0, 0.05) is 44.5 Å². The molecular formula is C20H27N5S. The third-order valence-corrected chi connectivity index (χ3v) is 5.05. The van der Waals surface area contributed by atoms with Crippen molar-refractivity contribution in [2.24, 2.45) is 5.73 Å². The molecule has 1 aliphatic rings. The summed E-state index contributed by atoms with van der Waals surface area (Å²) < 4.78 is 0. The molecule has 1 atom stereocenters. The molecule has 1 fully saturated rings. The summed E-state index contributed by atoms with van der Waals surface area (Å²) in [6.07, 6.45) is 0. The molecule has 138 valence electrons. The fraction of sp³-hybridized carbons (Fsp3) is 0.350. The Balaban J connectivity index is 1.51. The fourth-order valence-corrected chi connectivity index (χ4v) is 3.44. The minimum absolute atomic E-state index is 0.254. The number of anilines is 1. The third kappa shape index (κ3) is 4.94. The lowest BCUT2D eigenvalue weighted by molar-refractivity contribution is 0.198. The summed E-state index contributed by atoms with van der Waals surface area (Å²) in [6, 6.07) is 19.9. The third-order valence-electron chi connectivity index (χ3n) is 4.95. The van der Waals surface area contributed by atoms with Gasteiger partial charge in [0.15, 0.2) is 5.11 Å². The highest BCUT2D eigenvalue weighted by Gasteiger charge is 2.22. The Kier molecular flexibility index (Phi) is 6.44. The van der Waals surface area contributed by atoms with Crippen LogP contribution in [0.25, 0.3) is 0 Å². The molecule has 2 aromatic carbocycles. The predicted molar refractivity (Wildman–Crippen MR) is 112 cm³/mol. The molecular weight excluding hydrogens is 342 g/mol. The lowest BCUT2D eigenvalue weighted by Gasteiger charge is -2.39. The van der Waals surface area contributed by atoms with Crippen LogP contribution in [0, 0.1) is 0 Å². The summed E-state index contributed by atoms with van der Waals surface area (Å²) in [5.41, 5.74) is 15.0. The second-order valence-corrected chi connectivity index (χ2v) is 7.06. The first kappa shape index (κ1) is 18.6. The topological polar surface area (TPSA) is 56.6 Å². The van der Waals surface area contributed by atoms with E-state index < -0.39 is 0 Å². The molecule has 0 aromatic heterocycles. The van der Waals surface area contributed by atoms with E-state index in [1.54, 1.807) is 0 Å². The maximum Gasteiger partial charge on any atom is 0.178 e. The van der Waals surface area contributed by atoms with Gasteiger partial charge < -0.3 is 10.6 Å². The maximum atomic E-state index is 5.39. The van der Waals surface area contributed by atoms with Crippen molar-refractivity contribution in [3.05, 3.63) is 65.7 Å². The van der Waals surface area contributed by atoms with Crippen LogP contribution in [-0.4, -0.2) is 36.2 Å². The molecule has 1 aliphatic heterocycles. The van der Waals surface area contributed by atoms with Crippen molar-refractivity contribution < 1.29 is 0 Å². The van der Waals surface area contributed by atoms with Gasteiger partial charge in [0.2, 0.25) is 0 Å². The van der Waals surface area contributed by atoms with Gasteiger partial charge in [-0.3, -0.25) is 10.3 Å². The largest absolute Gasteiger partial charge is 0.375 e. The fourth-order valence-electron chi connectivity index (χ4n) is 3.37. The van der Waals surface area contributed by atoms with E-state index in [1.807, 2.05) is 0 Å². The van der Waals surface area contributed by atoms with Gasteiger partial charge in [-0.1, -0.05) is 42.5 Å². The number of hydrazine groups is 1. The minimum atomic E-state index is 0.254. The quantitative estimate of drug-likeness (QED) is 0.537. The van der Waals surface area contributed by atoms with Crippen molar-refractivity contribution in [1.29, 1.82) is 0 Å². The van der Waals surface area contributed by atoms with Crippen molar-refractivity contribution in [1.82, 2.24) is 15.8 Å². The average molecular weight is 370 g/mol. The van der Waals surface area contributed by atoms with Crippen LogP contribution < -0.4 is 21.5 Å². The lowest BCUT2D eigenvalue weighted by Crippen LogP contribution is -2.47. The molecule has 2 aromatic rings. The predicted octanol–water partition coefficient (Wildman–Crippen LogP) is 2.41. The van der Waals surface area contributed by atoms with Crippen LogP contribution in [0.1, 0.15) is 24.1 Å². The Bertz CT molecular complexity index is 696. The number of nitrogens with two attached hydrogens (primary N) is 1. The van der Waals surface area contributed by atoms with Crippen molar-refractivity contribution in [3.63, 3.8) is 0 Å². The summed E-state index contributed by atoms with van der Waals surface area (Å²) in [7, 11) is 0. The Morgan fingerprint density at radius 2 is 1.69 bits per heavy atom. The molecule has 1 unspecified atom stereocenters. The van der Waals surface area contributed by atoms with E-state index >= 15 is 0 Å². The zero-order valence-corrected chi connectivity index (χ0v) is 16.0. The zero-order valence-electron chi connectivity index (χ0n) is 15.2. The summed E-state index contributed by atoms with van der Waals surface area (Å²) >= 11 is 4.77. The Hall–Kier alpha value is -2.15. The van der Waals surface area contributed by atoms with E-state index in [9.17, 15) is 0 Å². The molecule has 5 nitrogen and oxygen atoms in total. The number of hydrogen-bond acceptors (Lipinski definition) is 4. The number of benzene rings is 2. The van der Waals surface area contributed by atoms with Crippen molar-refractivity contribution in [2.45, 2.75) is 19.5 Å². The number of rotatable bonds is 6. The van der Waals surface area contributed by atoms with Gasteiger partial charge >= 0.3 is 0 Å².